The highest BCUT2D eigenvalue weighted by atomic mass is 16.6. The van der Waals surface area contributed by atoms with Gasteiger partial charge in [0.25, 0.3) is 5.56 Å². The fourth-order valence-corrected chi connectivity index (χ4v) is 6.33. The third-order valence-corrected chi connectivity index (χ3v) is 9.39. The Morgan fingerprint density at radius 3 is 1.96 bits per heavy atom. The summed E-state index contributed by atoms with van der Waals surface area (Å²) in [7, 11) is 1.39. The summed E-state index contributed by atoms with van der Waals surface area (Å²) in [5.74, 6) is -1.21. The van der Waals surface area contributed by atoms with Crippen LogP contribution in [0.2, 0.25) is 0 Å². The van der Waals surface area contributed by atoms with E-state index in [-0.39, 0.29) is 25.4 Å². The van der Waals surface area contributed by atoms with Crippen LogP contribution in [0.4, 0.5) is 0 Å². The zero-order valence-corrected chi connectivity index (χ0v) is 27.8. The summed E-state index contributed by atoms with van der Waals surface area (Å²) < 4.78 is 20.4. The minimum atomic E-state index is -0.893. The van der Waals surface area contributed by atoms with Gasteiger partial charge in [0.15, 0.2) is 0 Å². The number of benzene rings is 3. The molecule has 0 amide bonds. The van der Waals surface area contributed by atoms with Crippen molar-refractivity contribution in [2.75, 3.05) is 6.61 Å². The molecule has 5 atom stereocenters. The number of hydrogen-bond donors (Lipinski definition) is 1. The van der Waals surface area contributed by atoms with Crippen molar-refractivity contribution in [2.24, 2.45) is 18.7 Å². The lowest BCUT2D eigenvalue weighted by atomic mass is 9.67. The van der Waals surface area contributed by atoms with Crippen molar-refractivity contribution in [3.63, 3.8) is 0 Å². The summed E-state index contributed by atoms with van der Waals surface area (Å²) in [5.41, 5.74) is 7.44. The molecule has 0 unspecified atom stereocenters. The number of hydrogen-bond acceptors (Lipinski definition) is 8. The van der Waals surface area contributed by atoms with Gasteiger partial charge in [0, 0.05) is 25.2 Å². The van der Waals surface area contributed by atoms with Crippen LogP contribution < -0.4 is 17.0 Å². The van der Waals surface area contributed by atoms with Crippen molar-refractivity contribution < 1.29 is 23.8 Å². The van der Waals surface area contributed by atoms with E-state index in [0.29, 0.717) is 12.0 Å². The van der Waals surface area contributed by atoms with Gasteiger partial charge in [-0.15, -0.1) is 0 Å². The second-order valence-electron chi connectivity index (χ2n) is 12.5. The average Bonchev–Trinajstić information content (AvgIpc) is 3.52. The lowest BCUT2D eigenvalue weighted by Gasteiger charge is -2.35. The molecule has 5 rings (SSSR count). The summed E-state index contributed by atoms with van der Waals surface area (Å²) in [6.07, 6.45) is -0.444. The fourth-order valence-electron chi connectivity index (χ4n) is 6.33. The lowest BCUT2D eigenvalue weighted by molar-refractivity contribution is -0.160. The molecule has 2 heterocycles. The summed E-state index contributed by atoms with van der Waals surface area (Å²) in [6, 6.07) is 28.6. The Morgan fingerprint density at radius 1 is 0.938 bits per heavy atom. The van der Waals surface area contributed by atoms with E-state index < -0.39 is 53.1 Å². The molecular weight excluding hydrogens is 610 g/mol. The molecule has 2 N–H and O–H groups in total. The van der Waals surface area contributed by atoms with E-state index in [9.17, 15) is 19.2 Å². The van der Waals surface area contributed by atoms with Crippen LogP contribution in [0, 0.1) is 12.8 Å². The Bertz CT molecular complexity index is 1730. The Hall–Kier alpha value is -4.80. The van der Waals surface area contributed by atoms with Crippen molar-refractivity contribution in [1.29, 1.82) is 0 Å². The van der Waals surface area contributed by atoms with Crippen LogP contribution in [0.3, 0.4) is 0 Å². The minimum Gasteiger partial charge on any atom is -0.463 e. The molecule has 252 valence electrons. The number of nitrogens with zero attached hydrogens (tertiary/aromatic N) is 2. The van der Waals surface area contributed by atoms with Gasteiger partial charge in [-0.1, -0.05) is 111 Å². The normalized spacial score (nSPS) is 19.0. The molecule has 1 aliphatic rings. The molecule has 0 saturated carbocycles. The molecule has 4 aromatic rings. The molecule has 0 aliphatic carbocycles. The number of esters is 2. The highest BCUT2D eigenvalue weighted by Crippen LogP contribution is 2.42. The first kappa shape index (κ1) is 34.5. The lowest BCUT2D eigenvalue weighted by Crippen LogP contribution is -2.42. The standard InChI is InChI=1S/C38H43N3O7/c1-5-25(2)34(39)36(44)48-30-21-32(41-23-26(3)35(43)40(4)37(41)45)47-31(30)24-46-33(42)22-38(27-15-9-6-10-16-27,28-17-11-7-12-18-28)29-19-13-8-14-20-29/h6-20,23,25,30-32,34H,5,21-22,24,39H2,1-4H3/t25-,30-,31+,32+,34-/m0/s1. The monoisotopic (exact) mass is 653 g/mol. The second kappa shape index (κ2) is 15.0. The van der Waals surface area contributed by atoms with E-state index in [1.54, 1.807) is 6.92 Å². The zero-order valence-electron chi connectivity index (χ0n) is 27.8. The number of aromatic nitrogens is 2. The number of rotatable bonds is 12. The van der Waals surface area contributed by atoms with Crippen LogP contribution in [-0.2, 0) is 36.3 Å². The molecule has 10 nitrogen and oxygen atoms in total. The molecule has 1 aromatic heterocycles. The smallest absolute Gasteiger partial charge is 0.332 e. The number of aryl methyl sites for hydroxylation is 1. The molecule has 1 fully saturated rings. The van der Waals surface area contributed by atoms with E-state index >= 15 is 0 Å². The molecule has 0 spiro atoms. The highest BCUT2D eigenvalue weighted by molar-refractivity contribution is 5.76. The molecule has 3 aromatic carbocycles. The van der Waals surface area contributed by atoms with Gasteiger partial charge in [-0.05, 0) is 29.5 Å². The number of carbonyl (C=O) groups excluding carboxylic acids is 2. The van der Waals surface area contributed by atoms with E-state index in [4.69, 9.17) is 19.9 Å². The van der Waals surface area contributed by atoms with Gasteiger partial charge in [0.05, 0.1) is 11.8 Å². The molecule has 0 bridgehead atoms. The second-order valence-corrected chi connectivity index (χ2v) is 12.5. The molecule has 1 aliphatic heterocycles. The Labute approximate surface area is 280 Å². The Kier molecular flexibility index (Phi) is 10.8. The first-order valence-electron chi connectivity index (χ1n) is 16.3. The van der Waals surface area contributed by atoms with Crippen LogP contribution in [-0.4, -0.2) is 45.9 Å². The highest BCUT2D eigenvalue weighted by Gasteiger charge is 2.43. The number of nitrogens with two attached hydrogens (primary N) is 1. The maximum Gasteiger partial charge on any atom is 0.332 e. The first-order valence-corrected chi connectivity index (χ1v) is 16.3. The topological polar surface area (TPSA) is 132 Å². The van der Waals surface area contributed by atoms with Gasteiger partial charge >= 0.3 is 17.6 Å². The first-order chi connectivity index (χ1) is 23.1. The maximum absolute atomic E-state index is 13.9. The predicted octanol–water partition coefficient (Wildman–Crippen LogP) is 4.40. The zero-order chi connectivity index (χ0) is 34.4. The van der Waals surface area contributed by atoms with Crippen molar-refractivity contribution in [2.45, 2.75) is 69.9 Å². The van der Waals surface area contributed by atoms with Gasteiger partial charge in [-0.25, -0.2) is 4.79 Å². The Morgan fingerprint density at radius 2 is 1.46 bits per heavy atom. The van der Waals surface area contributed by atoms with Gasteiger partial charge in [-0.3, -0.25) is 23.5 Å². The maximum atomic E-state index is 13.9. The summed E-state index contributed by atoms with van der Waals surface area (Å²) in [5, 5.41) is 0. The van der Waals surface area contributed by atoms with Crippen LogP contribution in [0.1, 0.15) is 61.6 Å². The fraction of sp³-hybridized carbons (Fsp3) is 0.368. The average molecular weight is 654 g/mol. The van der Waals surface area contributed by atoms with Crippen LogP contribution in [0.25, 0.3) is 0 Å². The van der Waals surface area contributed by atoms with E-state index in [1.807, 2.05) is 105 Å². The van der Waals surface area contributed by atoms with E-state index in [2.05, 4.69) is 0 Å². The Balaban J connectivity index is 1.44. The summed E-state index contributed by atoms with van der Waals surface area (Å²) in [6.45, 7) is 5.17. The van der Waals surface area contributed by atoms with E-state index in [1.165, 1.54) is 17.8 Å². The van der Waals surface area contributed by atoms with Gasteiger partial charge < -0.3 is 19.9 Å². The molecule has 1 saturated heterocycles. The SMILES string of the molecule is CC[C@H](C)[C@H](N)C(=O)O[C@H]1C[C@H](n2cc(C)c(=O)n(C)c2=O)O[C@@H]1COC(=O)CC(c1ccccc1)(c1ccccc1)c1ccccc1. The van der Waals surface area contributed by atoms with E-state index in [0.717, 1.165) is 21.3 Å². The van der Waals surface area contributed by atoms with Crippen molar-refractivity contribution in [3.05, 3.63) is 140 Å². The summed E-state index contributed by atoms with van der Waals surface area (Å²) in [4.78, 5) is 52.4. The summed E-state index contributed by atoms with van der Waals surface area (Å²) >= 11 is 0. The van der Waals surface area contributed by atoms with Crippen molar-refractivity contribution in [1.82, 2.24) is 9.13 Å². The molecular formula is C38H43N3O7. The third kappa shape index (κ3) is 7.05. The van der Waals surface area contributed by atoms with Crippen LogP contribution in [0.15, 0.2) is 107 Å². The molecule has 10 heteroatoms. The van der Waals surface area contributed by atoms with Gasteiger partial charge in [0.2, 0.25) is 0 Å². The molecule has 0 radical (unpaired) electrons. The van der Waals surface area contributed by atoms with Gasteiger partial charge in [-0.2, -0.15) is 0 Å². The predicted molar refractivity (Wildman–Crippen MR) is 181 cm³/mol. The number of ether oxygens (including phenoxy) is 3. The molecule has 48 heavy (non-hydrogen) atoms. The minimum absolute atomic E-state index is 0.0238. The van der Waals surface area contributed by atoms with Crippen LogP contribution >= 0.6 is 0 Å². The number of carbonyl (C=O) groups is 2. The van der Waals surface area contributed by atoms with Gasteiger partial charge in [0.1, 0.15) is 31.1 Å². The van der Waals surface area contributed by atoms with Crippen molar-refractivity contribution >= 4 is 11.9 Å². The van der Waals surface area contributed by atoms with Crippen molar-refractivity contribution in [3.8, 4) is 0 Å². The quantitative estimate of drug-likeness (QED) is 0.176. The third-order valence-electron chi connectivity index (χ3n) is 9.39. The van der Waals surface area contributed by atoms with Crippen LogP contribution in [0.5, 0.6) is 0 Å². The largest absolute Gasteiger partial charge is 0.463 e.